The van der Waals surface area contributed by atoms with E-state index in [4.69, 9.17) is 19.2 Å². The number of nitrogens with one attached hydrogen (secondary N) is 1. The van der Waals surface area contributed by atoms with Crippen LogP contribution in [0.2, 0.25) is 0 Å². The Labute approximate surface area is 164 Å². The number of benzene rings is 1. The molecule has 0 spiro atoms. The zero-order valence-electron chi connectivity index (χ0n) is 16.7. The van der Waals surface area contributed by atoms with Crippen molar-refractivity contribution in [2.45, 2.75) is 26.4 Å². The fraction of sp³-hybridized carbons (Fsp3) is 0.429. The molecule has 4 rings (SSSR count). The molecule has 1 aliphatic rings. The Bertz CT molecular complexity index is 979. The van der Waals surface area contributed by atoms with Gasteiger partial charge in [-0.25, -0.2) is 9.50 Å². The second kappa shape index (κ2) is 7.67. The van der Waals surface area contributed by atoms with Gasteiger partial charge in [-0.3, -0.25) is 0 Å². The zero-order valence-corrected chi connectivity index (χ0v) is 16.7. The van der Waals surface area contributed by atoms with Crippen LogP contribution < -0.4 is 19.5 Å². The van der Waals surface area contributed by atoms with Crippen molar-refractivity contribution in [2.24, 2.45) is 5.92 Å². The van der Waals surface area contributed by atoms with Crippen molar-refractivity contribution < 1.29 is 14.2 Å². The minimum Gasteiger partial charge on any atom is -0.493 e. The highest BCUT2D eigenvalue weighted by molar-refractivity contribution is 5.69. The van der Waals surface area contributed by atoms with Crippen molar-refractivity contribution in [1.82, 2.24) is 19.9 Å². The summed E-state index contributed by atoms with van der Waals surface area (Å²) < 4.78 is 19.0. The molecule has 2 atom stereocenters. The van der Waals surface area contributed by atoms with Crippen molar-refractivity contribution in [1.29, 1.82) is 0 Å². The lowest BCUT2D eigenvalue weighted by Gasteiger charge is -2.20. The lowest BCUT2D eigenvalue weighted by atomic mass is 10.0. The first-order valence-electron chi connectivity index (χ1n) is 9.55. The maximum atomic E-state index is 6.35. The van der Waals surface area contributed by atoms with E-state index in [0.717, 1.165) is 41.8 Å². The normalized spacial score (nSPS) is 17.6. The van der Waals surface area contributed by atoms with Gasteiger partial charge < -0.3 is 19.5 Å². The van der Waals surface area contributed by atoms with Gasteiger partial charge in [-0.2, -0.15) is 5.10 Å². The first-order chi connectivity index (χ1) is 13.6. The minimum absolute atomic E-state index is 0.0706. The van der Waals surface area contributed by atoms with E-state index < -0.39 is 0 Å². The number of ether oxygens (including phenoxy) is 3. The third kappa shape index (κ3) is 3.38. The van der Waals surface area contributed by atoms with E-state index in [2.05, 4.69) is 17.3 Å². The summed E-state index contributed by atoms with van der Waals surface area (Å²) in [4.78, 5) is 4.85. The molecule has 0 aliphatic carbocycles. The molecule has 0 saturated carbocycles. The fourth-order valence-corrected chi connectivity index (χ4v) is 3.69. The predicted molar refractivity (Wildman–Crippen MR) is 107 cm³/mol. The van der Waals surface area contributed by atoms with Crippen molar-refractivity contribution >= 4 is 5.52 Å². The summed E-state index contributed by atoms with van der Waals surface area (Å²) in [5.41, 5.74) is 3.62. The summed E-state index contributed by atoms with van der Waals surface area (Å²) in [6, 6.07) is 5.75. The SMILES string of the molecule is COc1ccc(-c2cn3ncc(C)c3c(O[C@H](C)[C@@H]3CCNC3)n2)cc1OC. The maximum absolute atomic E-state index is 6.35. The number of aryl methyl sites for hydroxylation is 1. The van der Waals surface area contributed by atoms with Crippen LogP contribution in [0.15, 0.2) is 30.6 Å². The number of methoxy groups -OCH3 is 2. The Balaban J connectivity index is 1.76. The molecule has 7 nitrogen and oxygen atoms in total. The van der Waals surface area contributed by atoms with Crippen LogP contribution in [0.1, 0.15) is 18.9 Å². The van der Waals surface area contributed by atoms with Gasteiger partial charge in [-0.15, -0.1) is 0 Å². The van der Waals surface area contributed by atoms with Gasteiger partial charge in [0, 0.05) is 23.6 Å². The molecule has 2 aromatic heterocycles. The molecule has 1 saturated heterocycles. The summed E-state index contributed by atoms with van der Waals surface area (Å²) in [6.45, 7) is 6.16. The van der Waals surface area contributed by atoms with Crippen molar-refractivity contribution in [2.75, 3.05) is 27.3 Å². The van der Waals surface area contributed by atoms with E-state index in [0.29, 0.717) is 23.3 Å². The number of hydrogen-bond acceptors (Lipinski definition) is 6. The maximum Gasteiger partial charge on any atom is 0.241 e. The van der Waals surface area contributed by atoms with Crippen LogP contribution in [0.4, 0.5) is 0 Å². The highest BCUT2D eigenvalue weighted by atomic mass is 16.5. The standard InChI is InChI=1S/C21H26N4O3/c1-13-10-23-25-12-17(15-5-6-18(26-3)19(9-15)27-4)24-21(20(13)25)28-14(2)16-7-8-22-11-16/h5-6,9-10,12,14,16,22H,7-8,11H2,1-4H3/t14-,16-/m1/s1. The molecule has 1 N–H and O–H groups in total. The van der Waals surface area contributed by atoms with Gasteiger partial charge in [0.15, 0.2) is 11.5 Å². The molecule has 3 aromatic rings. The van der Waals surface area contributed by atoms with Crippen LogP contribution >= 0.6 is 0 Å². The number of aromatic nitrogens is 3. The molecule has 7 heteroatoms. The molecular weight excluding hydrogens is 356 g/mol. The molecular formula is C21H26N4O3. The van der Waals surface area contributed by atoms with E-state index in [1.54, 1.807) is 14.2 Å². The zero-order chi connectivity index (χ0) is 19.7. The van der Waals surface area contributed by atoms with Gasteiger partial charge in [-0.1, -0.05) is 0 Å². The van der Waals surface area contributed by atoms with E-state index in [1.807, 2.05) is 42.0 Å². The molecule has 0 unspecified atom stereocenters. The summed E-state index contributed by atoms with van der Waals surface area (Å²) >= 11 is 0. The smallest absolute Gasteiger partial charge is 0.241 e. The fourth-order valence-electron chi connectivity index (χ4n) is 3.69. The van der Waals surface area contributed by atoms with E-state index >= 15 is 0 Å². The van der Waals surface area contributed by atoms with Crippen LogP contribution in [0.25, 0.3) is 16.8 Å². The van der Waals surface area contributed by atoms with Crippen molar-refractivity contribution in [3.63, 3.8) is 0 Å². The average Bonchev–Trinajstić information content (AvgIpc) is 3.38. The lowest BCUT2D eigenvalue weighted by molar-refractivity contribution is 0.156. The Kier molecular flexibility index (Phi) is 5.09. The van der Waals surface area contributed by atoms with Crippen molar-refractivity contribution in [3.8, 4) is 28.6 Å². The van der Waals surface area contributed by atoms with Gasteiger partial charge in [-0.05, 0) is 45.0 Å². The summed E-state index contributed by atoms with van der Waals surface area (Å²) in [5.74, 6) is 2.43. The van der Waals surface area contributed by atoms with Crippen LogP contribution in [-0.4, -0.2) is 48.0 Å². The Morgan fingerprint density at radius 2 is 2.04 bits per heavy atom. The molecule has 1 aromatic carbocycles. The first-order valence-corrected chi connectivity index (χ1v) is 9.55. The second-order valence-corrected chi connectivity index (χ2v) is 7.20. The summed E-state index contributed by atoms with van der Waals surface area (Å²) in [7, 11) is 3.25. The first kappa shape index (κ1) is 18.6. The number of nitrogens with zero attached hydrogens (tertiary/aromatic N) is 3. The van der Waals surface area contributed by atoms with Crippen LogP contribution in [0, 0.1) is 12.8 Å². The highest BCUT2D eigenvalue weighted by Crippen LogP contribution is 2.34. The molecule has 28 heavy (non-hydrogen) atoms. The highest BCUT2D eigenvalue weighted by Gasteiger charge is 2.24. The topological polar surface area (TPSA) is 69.9 Å². The van der Waals surface area contributed by atoms with Gasteiger partial charge in [0.25, 0.3) is 0 Å². The van der Waals surface area contributed by atoms with E-state index in [-0.39, 0.29) is 6.10 Å². The van der Waals surface area contributed by atoms with Crippen molar-refractivity contribution in [3.05, 3.63) is 36.2 Å². The van der Waals surface area contributed by atoms with Gasteiger partial charge in [0.2, 0.25) is 5.88 Å². The number of hydrogen-bond donors (Lipinski definition) is 1. The Morgan fingerprint density at radius 3 is 2.75 bits per heavy atom. The minimum atomic E-state index is 0.0706. The average molecular weight is 382 g/mol. The molecule has 0 radical (unpaired) electrons. The number of fused-ring (bicyclic) bond motifs is 1. The van der Waals surface area contributed by atoms with Gasteiger partial charge >= 0.3 is 0 Å². The molecule has 3 heterocycles. The quantitative estimate of drug-likeness (QED) is 0.706. The summed E-state index contributed by atoms with van der Waals surface area (Å²) in [5, 5.41) is 7.87. The van der Waals surface area contributed by atoms with Crippen LogP contribution in [0.3, 0.4) is 0 Å². The van der Waals surface area contributed by atoms with E-state index in [9.17, 15) is 0 Å². The second-order valence-electron chi connectivity index (χ2n) is 7.20. The van der Waals surface area contributed by atoms with E-state index in [1.165, 1.54) is 0 Å². The predicted octanol–water partition coefficient (Wildman–Crippen LogP) is 3.10. The number of rotatable bonds is 6. The molecule has 0 bridgehead atoms. The largest absolute Gasteiger partial charge is 0.493 e. The Hall–Kier alpha value is -2.80. The molecule has 1 fully saturated rings. The van der Waals surface area contributed by atoms with Crippen LogP contribution in [-0.2, 0) is 0 Å². The van der Waals surface area contributed by atoms with Gasteiger partial charge in [0.1, 0.15) is 11.6 Å². The monoisotopic (exact) mass is 382 g/mol. The van der Waals surface area contributed by atoms with Crippen LogP contribution in [0.5, 0.6) is 17.4 Å². The lowest BCUT2D eigenvalue weighted by Crippen LogP contribution is -2.26. The Morgan fingerprint density at radius 1 is 1.21 bits per heavy atom. The van der Waals surface area contributed by atoms with Gasteiger partial charge in [0.05, 0.1) is 32.3 Å². The summed E-state index contributed by atoms with van der Waals surface area (Å²) in [6.07, 6.45) is 4.94. The molecule has 148 valence electrons. The molecule has 0 amide bonds. The third-order valence-electron chi connectivity index (χ3n) is 5.39. The third-order valence-corrected chi connectivity index (χ3v) is 5.39. The molecule has 1 aliphatic heterocycles.